The summed E-state index contributed by atoms with van der Waals surface area (Å²) in [4.78, 5) is 4.34. The minimum absolute atomic E-state index is 0.340. The van der Waals surface area contributed by atoms with E-state index in [1.54, 1.807) is 17.8 Å². The van der Waals surface area contributed by atoms with Gasteiger partial charge in [-0.25, -0.2) is 4.52 Å². The fourth-order valence-electron chi connectivity index (χ4n) is 4.83. The highest BCUT2D eigenvalue weighted by molar-refractivity contribution is 5.75. The number of nitriles is 2. The SMILES string of the molecule is COc1cc(-c2cnn(C3CN([C@H]4CCCN(C#N)C4)C3)c2C)cn2ncc(C#N)c12. The van der Waals surface area contributed by atoms with Crippen molar-refractivity contribution in [2.45, 2.75) is 31.8 Å². The second-order valence-corrected chi connectivity index (χ2v) is 8.30. The van der Waals surface area contributed by atoms with Crippen LogP contribution < -0.4 is 4.74 Å². The number of rotatable bonds is 4. The van der Waals surface area contributed by atoms with Crippen LogP contribution in [-0.2, 0) is 0 Å². The lowest BCUT2D eigenvalue weighted by atomic mass is 9.98. The molecule has 5 rings (SSSR count). The molecule has 3 aromatic heterocycles. The van der Waals surface area contributed by atoms with Crippen LogP contribution in [0.25, 0.3) is 16.6 Å². The van der Waals surface area contributed by atoms with Crippen LogP contribution in [0.3, 0.4) is 0 Å². The molecule has 0 radical (unpaired) electrons. The number of aromatic nitrogens is 4. The Kier molecular flexibility index (Phi) is 4.76. The summed E-state index contributed by atoms with van der Waals surface area (Å²) in [7, 11) is 1.60. The first-order valence-electron chi connectivity index (χ1n) is 10.5. The Morgan fingerprint density at radius 2 is 1.97 bits per heavy atom. The lowest BCUT2D eigenvalue weighted by Crippen LogP contribution is -2.57. The van der Waals surface area contributed by atoms with E-state index in [4.69, 9.17) is 4.74 Å². The van der Waals surface area contributed by atoms with Crippen molar-refractivity contribution in [3.63, 3.8) is 0 Å². The number of hydrogen-bond acceptors (Lipinski definition) is 7. The fraction of sp³-hybridized carbons (Fsp3) is 0.455. The van der Waals surface area contributed by atoms with Gasteiger partial charge in [0.2, 0.25) is 0 Å². The first kappa shape index (κ1) is 19.4. The van der Waals surface area contributed by atoms with Gasteiger partial charge < -0.3 is 9.64 Å². The molecule has 2 saturated heterocycles. The molecule has 0 aromatic carbocycles. The highest BCUT2D eigenvalue weighted by Gasteiger charge is 2.36. The first-order chi connectivity index (χ1) is 15.1. The molecule has 2 aliphatic heterocycles. The zero-order valence-electron chi connectivity index (χ0n) is 17.7. The maximum absolute atomic E-state index is 9.32. The van der Waals surface area contributed by atoms with Crippen molar-refractivity contribution in [2.75, 3.05) is 33.3 Å². The van der Waals surface area contributed by atoms with E-state index in [1.807, 2.05) is 23.4 Å². The van der Waals surface area contributed by atoms with Gasteiger partial charge in [-0.05, 0) is 25.8 Å². The number of ether oxygens (including phenoxy) is 1. The van der Waals surface area contributed by atoms with Gasteiger partial charge in [-0.2, -0.15) is 20.7 Å². The average Bonchev–Trinajstić information content (AvgIpc) is 3.36. The molecule has 3 aromatic rings. The Hall–Kier alpha value is -3.56. The summed E-state index contributed by atoms with van der Waals surface area (Å²) in [6.45, 7) is 5.72. The summed E-state index contributed by atoms with van der Waals surface area (Å²) in [5.41, 5.74) is 4.24. The van der Waals surface area contributed by atoms with Gasteiger partial charge in [0.25, 0.3) is 0 Å². The maximum atomic E-state index is 9.32. The topological polar surface area (TPSA) is 98.4 Å². The average molecular weight is 416 g/mol. The smallest absolute Gasteiger partial charge is 0.179 e. The molecule has 9 nitrogen and oxygen atoms in total. The maximum Gasteiger partial charge on any atom is 0.179 e. The third kappa shape index (κ3) is 3.18. The number of nitrogens with zero attached hydrogens (tertiary/aromatic N) is 8. The lowest BCUT2D eigenvalue weighted by molar-refractivity contribution is 0.0243. The van der Waals surface area contributed by atoms with E-state index >= 15 is 0 Å². The summed E-state index contributed by atoms with van der Waals surface area (Å²) in [6.07, 6.45) is 9.89. The monoisotopic (exact) mass is 416 g/mol. The standard InChI is InChI=1S/C22H24N8O/c1-15-20(16-6-21(31-2)22-17(7-23)8-25-29(22)10-16)9-26-30(15)19-12-28(13-19)18-4-3-5-27(11-18)14-24/h6,8-10,18-19H,3-5,11-13H2,1-2H3/t18-/m0/s1. The predicted octanol–water partition coefficient (Wildman–Crippen LogP) is 2.19. The highest BCUT2D eigenvalue weighted by atomic mass is 16.5. The number of fused-ring (bicyclic) bond motifs is 1. The Bertz CT molecular complexity index is 1210. The van der Waals surface area contributed by atoms with Gasteiger partial charge in [-0.1, -0.05) is 0 Å². The molecule has 5 heterocycles. The van der Waals surface area contributed by atoms with Gasteiger partial charge in [0.05, 0.1) is 25.5 Å². The molecule has 1 atom stereocenters. The molecule has 0 spiro atoms. The molecule has 0 N–H and O–H groups in total. The molecule has 158 valence electrons. The van der Waals surface area contributed by atoms with Crippen molar-refractivity contribution in [3.8, 4) is 29.1 Å². The fourth-order valence-corrected chi connectivity index (χ4v) is 4.83. The van der Waals surface area contributed by atoms with Crippen LogP contribution >= 0.6 is 0 Å². The van der Waals surface area contributed by atoms with Crippen molar-refractivity contribution in [1.82, 2.24) is 29.2 Å². The van der Waals surface area contributed by atoms with Crippen LogP contribution in [0.15, 0.2) is 24.7 Å². The molecule has 0 amide bonds. The Labute approximate surface area is 180 Å². The van der Waals surface area contributed by atoms with Gasteiger partial charge in [0.1, 0.15) is 22.9 Å². The molecule has 0 saturated carbocycles. The van der Waals surface area contributed by atoms with E-state index < -0.39 is 0 Å². The molecule has 31 heavy (non-hydrogen) atoms. The van der Waals surface area contributed by atoms with Gasteiger partial charge in [-0.15, -0.1) is 0 Å². The molecular formula is C22H24N8O. The van der Waals surface area contributed by atoms with Crippen LogP contribution in [0.2, 0.25) is 0 Å². The van der Waals surface area contributed by atoms with Gasteiger partial charge >= 0.3 is 0 Å². The predicted molar refractivity (Wildman–Crippen MR) is 113 cm³/mol. The molecular weight excluding hydrogens is 392 g/mol. The van der Waals surface area contributed by atoms with Crippen molar-refractivity contribution in [3.05, 3.63) is 35.9 Å². The minimum Gasteiger partial charge on any atom is -0.494 e. The van der Waals surface area contributed by atoms with Crippen LogP contribution in [0.4, 0.5) is 0 Å². The van der Waals surface area contributed by atoms with E-state index in [-0.39, 0.29) is 0 Å². The highest BCUT2D eigenvalue weighted by Crippen LogP contribution is 2.34. The van der Waals surface area contributed by atoms with Crippen LogP contribution in [0.5, 0.6) is 5.75 Å². The van der Waals surface area contributed by atoms with E-state index in [1.165, 1.54) is 0 Å². The molecule has 0 unspecified atom stereocenters. The van der Waals surface area contributed by atoms with Gasteiger partial charge in [0, 0.05) is 55.2 Å². The number of pyridine rings is 1. The summed E-state index contributed by atoms with van der Waals surface area (Å²) in [5, 5.41) is 27.5. The number of hydrogen-bond donors (Lipinski definition) is 0. The Morgan fingerprint density at radius 3 is 2.71 bits per heavy atom. The van der Waals surface area contributed by atoms with Crippen LogP contribution in [-0.4, -0.2) is 68.5 Å². The number of methoxy groups -OCH3 is 1. The molecule has 0 aliphatic carbocycles. The van der Waals surface area contributed by atoms with Crippen molar-refractivity contribution in [2.24, 2.45) is 0 Å². The Balaban J connectivity index is 1.37. The second kappa shape index (κ2) is 7.60. The summed E-state index contributed by atoms with van der Waals surface area (Å²) in [6, 6.07) is 4.90. The zero-order chi connectivity index (χ0) is 21.5. The third-order valence-electron chi connectivity index (χ3n) is 6.56. The first-order valence-corrected chi connectivity index (χ1v) is 10.5. The molecule has 2 aliphatic rings. The van der Waals surface area contributed by atoms with Gasteiger partial charge in [0.15, 0.2) is 6.19 Å². The normalized spacial score (nSPS) is 19.7. The van der Waals surface area contributed by atoms with Crippen LogP contribution in [0.1, 0.15) is 30.1 Å². The van der Waals surface area contributed by atoms with Crippen molar-refractivity contribution in [1.29, 1.82) is 10.5 Å². The largest absolute Gasteiger partial charge is 0.494 e. The lowest BCUT2D eigenvalue weighted by Gasteiger charge is -2.47. The zero-order valence-corrected chi connectivity index (χ0v) is 17.7. The molecule has 2 fully saturated rings. The van der Waals surface area contributed by atoms with E-state index in [0.29, 0.717) is 28.9 Å². The van der Waals surface area contributed by atoms with Crippen molar-refractivity contribution >= 4 is 5.52 Å². The molecule has 9 heteroatoms. The third-order valence-corrected chi connectivity index (χ3v) is 6.56. The summed E-state index contributed by atoms with van der Waals surface area (Å²) >= 11 is 0. The number of piperidine rings is 1. The van der Waals surface area contributed by atoms with Gasteiger partial charge in [-0.3, -0.25) is 9.58 Å². The second-order valence-electron chi connectivity index (χ2n) is 8.30. The van der Waals surface area contributed by atoms with Crippen molar-refractivity contribution < 1.29 is 4.74 Å². The molecule has 0 bridgehead atoms. The minimum atomic E-state index is 0.340. The Morgan fingerprint density at radius 1 is 1.13 bits per heavy atom. The number of likely N-dealkylation sites (tertiary alicyclic amines) is 2. The quantitative estimate of drug-likeness (QED) is 0.601. The van der Waals surface area contributed by atoms with E-state index in [9.17, 15) is 10.5 Å². The van der Waals surface area contributed by atoms with E-state index in [2.05, 4.69) is 39.0 Å². The van der Waals surface area contributed by atoms with Crippen LogP contribution in [0, 0.1) is 29.7 Å². The van der Waals surface area contributed by atoms with E-state index in [0.717, 1.165) is 55.8 Å². The summed E-state index contributed by atoms with van der Waals surface area (Å²) < 4.78 is 9.34. The summed E-state index contributed by atoms with van der Waals surface area (Å²) in [5.74, 6) is 0.618.